The number of aldehydes is 1. The second-order valence-corrected chi connectivity index (χ2v) is 4.51. The van der Waals surface area contributed by atoms with E-state index in [1.54, 1.807) is 13.0 Å². The molecule has 4 nitrogen and oxygen atoms in total. The molecule has 1 aliphatic rings. The summed E-state index contributed by atoms with van der Waals surface area (Å²) in [5, 5.41) is 9.14. The molecule has 1 fully saturated rings. The van der Waals surface area contributed by atoms with Gasteiger partial charge in [-0.2, -0.15) is 0 Å². The van der Waals surface area contributed by atoms with Crippen molar-refractivity contribution >= 4 is 12.4 Å². The monoisotopic (exact) mass is 251 g/mol. The lowest BCUT2D eigenvalue weighted by Crippen LogP contribution is -2.31. The molecular weight excluding hydrogens is 237 g/mol. The normalized spacial score (nSPS) is 23.1. The van der Waals surface area contributed by atoms with Gasteiger partial charge >= 0.3 is 6.09 Å². The van der Waals surface area contributed by atoms with E-state index < -0.39 is 12.1 Å². The van der Waals surface area contributed by atoms with Crippen LogP contribution in [0, 0.1) is 18.7 Å². The van der Waals surface area contributed by atoms with Gasteiger partial charge in [-0.15, -0.1) is 0 Å². The van der Waals surface area contributed by atoms with Gasteiger partial charge < -0.3 is 14.8 Å². The lowest BCUT2D eigenvalue weighted by Gasteiger charge is -2.25. The zero-order chi connectivity index (χ0) is 13.3. The van der Waals surface area contributed by atoms with Gasteiger partial charge in [-0.25, -0.2) is 9.18 Å². The molecule has 1 aromatic carbocycles. The van der Waals surface area contributed by atoms with Crippen LogP contribution in [0.25, 0.3) is 0 Å². The van der Waals surface area contributed by atoms with E-state index in [0.717, 1.165) is 6.29 Å². The van der Waals surface area contributed by atoms with E-state index in [1.807, 2.05) is 0 Å². The topological polar surface area (TPSA) is 57.6 Å². The minimum atomic E-state index is -1.05. The summed E-state index contributed by atoms with van der Waals surface area (Å²) in [7, 11) is 0. The number of aryl methyl sites for hydroxylation is 1. The Morgan fingerprint density at radius 3 is 2.83 bits per heavy atom. The van der Waals surface area contributed by atoms with Crippen molar-refractivity contribution in [2.75, 3.05) is 6.54 Å². The van der Waals surface area contributed by atoms with E-state index in [-0.39, 0.29) is 11.7 Å². The van der Waals surface area contributed by atoms with Gasteiger partial charge in [0.25, 0.3) is 0 Å². The van der Waals surface area contributed by atoms with Crippen molar-refractivity contribution in [3.05, 3.63) is 35.1 Å². The van der Waals surface area contributed by atoms with Gasteiger partial charge in [-0.1, -0.05) is 6.07 Å². The van der Waals surface area contributed by atoms with Gasteiger partial charge in [0.1, 0.15) is 12.1 Å². The highest BCUT2D eigenvalue weighted by atomic mass is 19.1. The van der Waals surface area contributed by atoms with Crippen LogP contribution in [0.3, 0.4) is 0 Å². The SMILES string of the molecule is Cc1cc(F)ccc1C1C(C=O)CCN1C(=O)O. The predicted octanol–water partition coefficient (Wildman–Crippen LogP) is 2.37. The first-order valence-electron chi connectivity index (χ1n) is 5.75. The third-order valence-corrected chi connectivity index (χ3v) is 3.42. The molecule has 1 aliphatic heterocycles. The highest BCUT2D eigenvalue weighted by Gasteiger charge is 2.38. The predicted molar refractivity (Wildman–Crippen MR) is 62.8 cm³/mol. The molecule has 0 spiro atoms. The minimum absolute atomic E-state index is 0.334. The maximum absolute atomic E-state index is 13.1. The molecule has 2 rings (SSSR count). The van der Waals surface area contributed by atoms with Gasteiger partial charge in [0.05, 0.1) is 6.04 Å². The number of hydrogen-bond acceptors (Lipinski definition) is 2. The molecule has 96 valence electrons. The summed E-state index contributed by atoms with van der Waals surface area (Å²) in [6.45, 7) is 2.05. The van der Waals surface area contributed by atoms with Crippen LogP contribution in [0.4, 0.5) is 9.18 Å². The number of rotatable bonds is 2. The Morgan fingerprint density at radius 1 is 1.56 bits per heavy atom. The Labute approximate surface area is 104 Å². The largest absolute Gasteiger partial charge is 0.465 e. The summed E-state index contributed by atoms with van der Waals surface area (Å²) in [5.74, 6) is -0.718. The molecule has 0 radical (unpaired) electrons. The molecule has 1 heterocycles. The van der Waals surface area contributed by atoms with Crippen molar-refractivity contribution in [1.82, 2.24) is 4.90 Å². The second kappa shape index (κ2) is 4.76. The second-order valence-electron chi connectivity index (χ2n) is 4.51. The van der Waals surface area contributed by atoms with Crippen LogP contribution >= 0.6 is 0 Å². The third kappa shape index (κ3) is 2.08. The van der Waals surface area contributed by atoms with Crippen LogP contribution in [-0.4, -0.2) is 28.9 Å². The van der Waals surface area contributed by atoms with Crippen LogP contribution in [0.5, 0.6) is 0 Å². The Bertz CT molecular complexity index is 489. The maximum Gasteiger partial charge on any atom is 0.407 e. The molecule has 18 heavy (non-hydrogen) atoms. The summed E-state index contributed by atoms with van der Waals surface area (Å²) in [4.78, 5) is 23.5. The number of carboxylic acid groups (broad SMARTS) is 1. The summed E-state index contributed by atoms with van der Waals surface area (Å²) in [6, 6.07) is 3.71. The number of amides is 1. The van der Waals surface area contributed by atoms with Gasteiger partial charge in [0.2, 0.25) is 0 Å². The van der Waals surface area contributed by atoms with E-state index in [2.05, 4.69) is 0 Å². The Balaban J connectivity index is 2.43. The number of hydrogen-bond donors (Lipinski definition) is 1. The zero-order valence-corrected chi connectivity index (χ0v) is 9.97. The first kappa shape index (κ1) is 12.5. The van der Waals surface area contributed by atoms with Gasteiger partial charge in [-0.3, -0.25) is 0 Å². The van der Waals surface area contributed by atoms with Gasteiger partial charge in [-0.05, 0) is 36.6 Å². The zero-order valence-electron chi connectivity index (χ0n) is 9.97. The van der Waals surface area contributed by atoms with Crippen molar-refractivity contribution < 1.29 is 19.1 Å². The highest BCUT2D eigenvalue weighted by Crippen LogP contribution is 2.37. The summed E-state index contributed by atoms with van der Waals surface area (Å²) in [5.41, 5.74) is 1.37. The van der Waals surface area contributed by atoms with Gasteiger partial charge in [0.15, 0.2) is 0 Å². The molecule has 0 bridgehead atoms. The molecule has 1 amide bonds. The molecule has 0 saturated carbocycles. The van der Waals surface area contributed by atoms with Crippen LogP contribution in [-0.2, 0) is 4.79 Å². The van der Waals surface area contributed by atoms with E-state index in [4.69, 9.17) is 5.11 Å². The maximum atomic E-state index is 13.1. The smallest absolute Gasteiger partial charge is 0.407 e. The number of carbonyl (C=O) groups excluding carboxylic acids is 1. The average molecular weight is 251 g/mol. The quantitative estimate of drug-likeness (QED) is 0.821. The molecular formula is C13H14FNO3. The minimum Gasteiger partial charge on any atom is -0.465 e. The average Bonchev–Trinajstić information content (AvgIpc) is 2.72. The fourth-order valence-corrected chi connectivity index (χ4v) is 2.54. The standard InChI is InChI=1S/C13H14FNO3/c1-8-6-10(14)2-3-11(8)12-9(7-16)4-5-15(12)13(17)18/h2-3,6-7,9,12H,4-5H2,1H3,(H,17,18). The van der Waals surface area contributed by atoms with Crippen molar-refractivity contribution in [2.24, 2.45) is 5.92 Å². The fourth-order valence-electron chi connectivity index (χ4n) is 2.54. The van der Waals surface area contributed by atoms with Crippen molar-refractivity contribution in [2.45, 2.75) is 19.4 Å². The third-order valence-electron chi connectivity index (χ3n) is 3.42. The molecule has 0 aliphatic carbocycles. The van der Waals surface area contributed by atoms with Crippen molar-refractivity contribution in [1.29, 1.82) is 0 Å². The Hall–Kier alpha value is -1.91. The highest BCUT2D eigenvalue weighted by molar-refractivity contribution is 5.69. The van der Waals surface area contributed by atoms with E-state index in [1.165, 1.54) is 17.0 Å². The van der Waals surface area contributed by atoms with E-state index >= 15 is 0 Å². The van der Waals surface area contributed by atoms with Gasteiger partial charge in [0, 0.05) is 12.5 Å². The Kier molecular flexibility index (Phi) is 3.32. The fraction of sp³-hybridized carbons (Fsp3) is 0.385. The van der Waals surface area contributed by atoms with Crippen LogP contribution < -0.4 is 0 Å². The van der Waals surface area contributed by atoms with Crippen LogP contribution in [0.1, 0.15) is 23.6 Å². The number of halogens is 1. The lowest BCUT2D eigenvalue weighted by molar-refractivity contribution is -0.111. The molecule has 2 atom stereocenters. The molecule has 1 aromatic rings. The van der Waals surface area contributed by atoms with E-state index in [0.29, 0.717) is 24.1 Å². The summed E-state index contributed by atoms with van der Waals surface area (Å²) < 4.78 is 13.1. The molecule has 1 N–H and O–H groups in total. The Morgan fingerprint density at radius 2 is 2.28 bits per heavy atom. The number of carbonyl (C=O) groups is 2. The van der Waals surface area contributed by atoms with E-state index in [9.17, 15) is 14.0 Å². The first-order chi connectivity index (χ1) is 8.54. The summed E-state index contributed by atoms with van der Waals surface area (Å²) >= 11 is 0. The molecule has 1 saturated heterocycles. The van der Waals surface area contributed by atoms with Crippen molar-refractivity contribution in [3.63, 3.8) is 0 Å². The van der Waals surface area contributed by atoms with Crippen molar-refractivity contribution in [3.8, 4) is 0 Å². The number of benzene rings is 1. The number of likely N-dealkylation sites (tertiary alicyclic amines) is 1. The molecule has 2 unspecified atom stereocenters. The molecule has 0 aromatic heterocycles. The van der Waals surface area contributed by atoms with Crippen LogP contribution in [0.15, 0.2) is 18.2 Å². The summed E-state index contributed by atoms with van der Waals surface area (Å²) in [6.07, 6.45) is 0.251. The first-order valence-corrected chi connectivity index (χ1v) is 5.75. The number of nitrogens with zero attached hydrogens (tertiary/aromatic N) is 1. The lowest BCUT2D eigenvalue weighted by atomic mass is 9.92. The molecule has 5 heteroatoms. The van der Waals surface area contributed by atoms with Crippen LogP contribution in [0.2, 0.25) is 0 Å².